The highest BCUT2D eigenvalue weighted by Crippen LogP contribution is 2.17. The van der Waals surface area contributed by atoms with E-state index in [1.807, 2.05) is 33.3 Å². The highest BCUT2D eigenvalue weighted by Gasteiger charge is 2.09. The second kappa shape index (κ2) is 6.33. The van der Waals surface area contributed by atoms with E-state index in [0.29, 0.717) is 10.5 Å². The molecule has 0 bridgehead atoms. The Morgan fingerprint density at radius 1 is 1.44 bits per heavy atom. The van der Waals surface area contributed by atoms with Gasteiger partial charge in [-0.05, 0) is 61.2 Å². The monoisotopic (exact) mass is 288 g/mol. The molecule has 0 aliphatic rings. The second-order valence-electron chi connectivity index (χ2n) is 4.20. The zero-order chi connectivity index (χ0) is 12.1. The van der Waals surface area contributed by atoms with Crippen LogP contribution in [-0.4, -0.2) is 38.6 Å². The zero-order valence-electron chi connectivity index (χ0n) is 9.93. The van der Waals surface area contributed by atoms with Gasteiger partial charge >= 0.3 is 0 Å². The van der Waals surface area contributed by atoms with Crippen molar-refractivity contribution in [3.63, 3.8) is 0 Å². The first-order valence-corrected chi connectivity index (χ1v) is 6.08. The minimum absolute atomic E-state index is 0.211. The Morgan fingerprint density at radius 3 is 2.62 bits per heavy atom. The van der Waals surface area contributed by atoms with Crippen molar-refractivity contribution in [3.8, 4) is 0 Å². The number of likely N-dealkylation sites (N-methyl/N-ethyl adjacent to an activating group) is 2. The van der Waals surface area contributed by atoms with Crippen LogP contribution in [0.25, 0.3) is 0 Å². The van der Waals surface area contributed by atoms with Crippen LogP contribution in [0.4, 0.5) is 4.39 Å². The van der Waals surface area contributed by atoms with E-state index in [-0.39, 0.29) is 5.82 Å². The molecule has 1 aromatic carbocycles. The first-order chi connectivity index (χ1) is 7.52. The molecular formula is C12H18BrFN2. The van der Waals surface area contributed by atoms with Gasteiger partial charge in [-0.1, -0.05) is 6.07 Å². The van der Waals surface area contributed by atoms with Gasteiger partial charge < -0.3 is 10.2 Å². The van der Waals surface area contributed by atoms with E-state index in [0.717, 1.165) is 18.5 Å². The first kappa shape index (κ1) is 13.6. The number of benzene rings is 1. The number of hydrogen-bond donors (Lipinski definition) is 1. The van der Waals surface area contributed by atoms with E-state index in [2.05, 4.69) is 26.1 Å². The van der Waals surface area contributed by atoms with Crippen LogP contribution in [0.1, 0.15) is 5.56 Å². The Bertz CT molecular complexity index is 342. The molecule has 16 heavy (non-hydrogen) atoms. The molecule has 1 N–H and O–H groups in total. The molecule has 1 atom stereocenters. The van der Waals surface area contributed by atoms with Crippen molar-refractivity contribution in [2.75, 3.05) is 27.7 Å². The third-order valence-electron chi connectivity index (χ3n) is 2.46. The minimum Gasteiger partial charge on any atom is -0.315 e. The van der Waals surface area contributed by atoms with Gasteiger partial charge in [0, 0.05) is 12.6 Å². The summed E-state index contributed by atoms with van der Waals surface area (Å²) in [6.07, 6.45) is 0.896. The standard InChI is InChI=1S/C12H18BrFN2/c1-15-10(8-16(2)3)6-9-4-5-12(14)11(13)7-9/h4-5,7,10,15H,6,8H2,1-3H3. The van der Waals surface area contributed by atoms with Crippen LogP contribution < -0.4 is 5.32 Å². The van der Waals surface area contributed by atoms with Gasteiger partial charge in [0.2, 0.25) is 0 Å². The normalized spacial score (nSPS) is 13.1. The lowest BCUT2D eigenvalue weighted by atomic mass is 10.1. The van der Waals surface area contributed by atoms with Gasteiger partial charge in [0.25, 0.3) is 0 Å². The summed E-state index contributed by atoms with van der Waals surface area (Å²) >= 11 is 3.20. The number of halogens is 2. The lowest BCUT2D eigenvalue weighted by Gasteiger charge is -2.20. The molecule has 1 rings (SSSR count). The molecule has 0 aromatic heterocycles. The van der Waals surface area contributed by atoms with Gasteiger partial charge in [0.05, 0.1) is 4.47 Å². The van der Waals surface area contributed by atoms with E-state index in [1.165, 1.54) is 6.07 Å². The molecule has 0 heterocycles. The Hall–Kier alpha value is -0.450. The first-order valence-electron chi connectivity index (χ1n) is 5.29. The van der Waals surface area contributed by atoms with Gasteiger partial charge in [0.15, 0.2) is 0 Å². The molecule has 1 unspecified atom stereocenters. The van der Waals surface area contributed by atoms with Crippen molar-refractivity contribution in [3.05, 3.63) is 34.1 Å². The average molecular weight is 289 g/mol. The van der Waals surface area contributed by atoms with Crippen molar-refractivity contribution < 1.29 is 4.39 Å². The van der Waals surface area contributed by atoms with Gasteiger partial charge in [-0.3, -0.25) is 0 Å². The molecule has 0 saturated heterocycles. The number of nitrogens with one attached hydrogen (secondary N) is 1. The summed E-state index contributed by atoms with van der Waals surface area (Å²) in [5, 5.41) is 3.27. The fraction of sp³-hybridized carbons (Fsp3) is 0.500. The number of hydrogen-bond acceptors (Lipinski definition) is 2. The fourth-order valence-corrected chi connectivity index (χ4v) is 2.08. The maximum atomic E-state index is 13.1. The highest BCUT2D eigenvalue weighted by atomic mass is 79.9. The molecule has 0 spiro atoms. The Labute approximate surface area is 105 Å². The molecule has 1 aromatic rings. The molecule has 0 saturated carbocycles. The van der Waals surface area contributed by atoms with Crippen molar-refractivity contribution in [2.24, 2.45) is 0 Å². The van der Waals surface area contributed by atoms with Crippen LogP contribution in [-0.2, 0) is 6.42 Å². The third kappa shape index (κ3) is 4.20. The average Bonchev–Trinajstić information content (AvgIpc) is 2.22. The van der Waals surface area contributed by atoms with E-state index in [1.54, 1.807) is 0 Å². The lowest BCUT2D eigenvalue weighted by molar-refractivity contribution is 0.346. The summed E-state index contributed by atoms with van der Waals surface area (Å²) in [5.41, 5.74) is 1.13. The Morgan fingerprint density at radius 2 is 2.12 bits per heavy atom. The maximum Gasteiger partial charge on any atom is 0.137 e. The van der Waals surface area contributed by atoms with Crippen LogP contribution >= 0.6 is 15.9 Å². The van der Waals surface area contributed by atoms with Crippen LogP contribution in [0.2, 0.25) is 0 Å². The largest absolute Gasteiger partial charge is 0.315 e. The van der Waals surface area contributed by atoms with Gasteiger partial charge in [-0.15, -0.1) is 0 Å². The molecular weight excluding hydrogens is 271 g/mol. The van der Waals surface area contributed by atoms with E-state index >= 15 is 0 Å². The van der Waals surface area contributed by atoms with Crippen LogP contribution in [0.15, 0.2) is 22.7 Å². The lowest BCUT2D eigenvalue weighted by Crippen LogP contribution is -2.37. The summed E-state index contributed by atoms with van der Waals surface area (Å²) in [4.78, 5) is 2.14. The van der Waals surface area contributed by atoms with Crippen LogP contribution in [0.3, 0.4) is 0 Å². The van der Waals surface area contributed by atoms with Crippen molar-refractivity contribution in [1.82, 2.24) is 10.2 Å². The van der Waals surface area contributed by atoms with Gasteiger partial charge in [0.1, 0.15) is 5.82 Å². The molecule has 0 fully saturated rings. The zero-order valence-corrected chi connectivity index (χ0v) is 11.5. The highest BCUT2D eigenvalue weighted by molar-refractivity contribution is 9.10. The summed E-state index contributed by atoms with van der Waals surface area (Å²) in [5.74, 6) is -0.211. The predicted octanol–water partition coefficient (Wildman–Crippen LogP) is 2.28. The minimum atomic E-state index is -0.211. The predicted molar refractivity (Wildman–Crippen MR) is 69.2 cm³/mol. The van der Waals surface area contributed by atoms with Crippen LogP contribution in [0.5, 0.6) is 0 Å². The molecule has 2 nitrogen and oxygen atoms in total. The molecule has 0 amide bonds. The smallest absolute Gasteiger partial charge is 0.137 e. The summed E-state index contributed by atoms with van der Waals surface area (Å²) in [6.45, 7) is 0.964. The number of rotatable bonds is 5. The fourth-order valence-electron chi connectivity index (χ4n) is 1.65. The van der Waals surface area contributed by atoms with Gasteiger partial charge in [-0.2, -0.15) is 0 Å². The maximum absolute atomic E-state index is 13.1. The van der Waals surface area contributed by atoms with E-state index < -0.39 is 0 Å². The van der Waals surface area contributed by atoms with Crippen molar-refractivity contribution in [1.29, 1.82) is 0 Å². The molecule has 0 radical (unpaired) electrons. The van der Waals surface area contributed by atoms with Crippen LogP contribution in [0, 0.1) is 5.82 Å². The van der Waals surface area contributed by atoms with E-state index in [4.69, 9.17) is 0 Å². The Kier molecular flexibility index (Phi) is 5.38. The molecule has 0 aliphatic carbocycles. The number of nitrogens with zero attached hydrogens (tertiary/aromatic N) is 1. The van der Waals surface area contributed by atoms with Gasteiger partial charge in [-0.25, -0.2) is 4.39 Å². The summed E-state index contributed by atoms with van der Waals surface area (Å²) < 4.78 is 13.6. The summed E-state index contributed by atoms with van der Waals surface area (Å²) in [6, 6.07) is 5.56. The van der Waals surface area contributed by atoms with Crippen molar-refractivity contribution in [2.45, 2.75) is 12.5 Å². The SMILES string of the molecule is CNC(Cc1ccc(F)c(Br)c1)CN(C)C. The topological polar surface area (TPSA) is 15.3 Å². The quantitative estimate of drug-likeness (QED) is 0.894. The molecule has 90 valence electrons. The molecule has 4 heteroatoms. The van der Waals surface area contributed by atoms with E-state index in [9.17, 15) is 4.39 Å². The summed E-state index contributed by atoms with van der Waals surface area (Å²) in [7, 11) is 6.04. The second-order valence-corrected chi connectivity index (χ2v) is 5.05. The Balaban J connectivity index is 2.66. The van der Waals surface area contributed by atoms with Crippen molar-refractivity contribution >= 4 is 15.9 Å². The molecule has 0 aliphatic heterocycles. The third-order valence-corrected chi connectivity index (χ3v) is 3.07.